The Bertz CT molecular complexity index is 759. The third kappa shape index (κ3) is 4.58. The van der Waals surface area contributed by atoms with Crippen LogP contribution in [0.25, 0.3) is 6.08 Å². The lowest BCUT2D eigenvalue weighted by Crippen LogP contribution is -2.01. The van der Waals surface area contributed by atoms with Crippen molar-refractivity contribution < 1.29 is 23.4 Å². The number of carbonyl (C=O) groups is 1. The van der Waals surface area contributed by atoms with E-state index >= 15 is 0 Å². The van der Waals surface area contributed by atoms with E-state index in [1.807, 2.05) is 0 Å². The van der Waals surface area contributed by atoms with Crippen LogP contribution in [-0.2, 0) is 16.1 Å². The fourth-order valence-electron chi connectivity index (χ4n) is 1.97. The Labute approximate surface area is 148 Å². The molecule has 2 rings (SSSR count). The number of benzene rings is 2. The van der Waals surface area contributed by atoms with Crippen molar-refractivity contribution in [2.75, 3.05) is 14.2 Å². The lowest BCUT2D eigenvalue weighted by atomic mass is 10.2. The highest BCUT2D eigenvalue weighted by atomic mass is 79.9. The van der Waals surface area contributed by atoms with E-state index in [9.17, 15) is 9.18 Å². The number of ether oxygens (including phenoxy) is 3. The molecular weight excluding hydrogens is 379 g/mol. The molecule has 0 saturated carbocycles. The molecular formula is C18H16BrFO4. The summed E-state index contributed by atoms with van der Waals surface area (Å²) in [5.74, 6) is 0.136. The summed E-state index contributed by atoms with van der Waals surface area (Å²) in [7, 11) is 2.81. The van der Waals surface area contributed by atoms with Crippen molar-refractivity contribution >= 4 is 28.0 Å². The molecule has 0 fully saturated rings. The number of hydrogen-bond donors (Lipinski definition) is 0. The van der Waals surface area contributed by atoms with Gasteiger partial charge in [-0.3, -0.25) is 0 Å². The standard InChI is InChI=1S/C18H16BrFO4/c1-22-16-10-12(7-8-17(21)23-2)9-14(19)18(16)24-11-13-5-3-4-6-15(13)20/h3-10H,11H2,1-2H3/b8-7+. The van der Waals surface area contributed by atoms with Gasteiger partial charge in [-0.25, -0.2) is 9.18 Å². The minimum absolute atomic E-state index is 0.0684. The lowest BCUT2D eigenvalue weighted by Gasteiger charge is -2.14. The molecule has 0 spiro atoms. The quantitative estimate of drug-likeness (QED) is 0.539. The van der Waals surface area contributed by atoms with Crippen LogP contribution in [0.5, 0.6) is 11.5 Å². The Hall–Kier alpha value is -2.34. The van der Waals surface area contributed by atoms with Crippen molar-refractivity contribution in [3.63, 3.8) is 0 Å². The first-order valence-electron chi connectivity index (χ1n) is 7.05. The third-order valence-corrected chi connectivity index (χ3v) is 3.78. The molecule has 0 atom stereocenters. The van der Waals surface area contributed by atoms with Gasteiger partial charge >= 0.3 is 5.97 Å². The first-order valence-corrected chi connectivity index (χ1v) is 7.84. The monoisotopic (exact) mass is 394 g/mol. The Morgan fingerprint density at radius 2 is 2.00 bits per heavy atom. The van der Waals surface area contributed by atoms with E-state index in [1.54, 1.807) is 36.4 Å². The second-order valence-electron chi connectivity index (χ2n) is 4.77. The lowest BCUT2D eigenvalue weighted by molar-refractivity contribution is -0.134. The van der Waals surface area contributed by atoms with Gasteiger partial charge in [0.05, 0.1) is 18.7 Å². The van der Waals surface area contributed by atoms with E-state index in [-0.39, 0.29) is 12.4 Å². The summed E-state index contributed by atoms with van der Waals surface area (Å²) in [6, 6.07) is 9.88. The van der Waals surface area contributed by atoms with Crippen LogP contribution < -0.4 is 9.47 Å². The van der Waals surface area contributed by atoms with Crippen molar-refractivity contribution in [2.24, 2.45) is 0 Å². The summed E-state index contributed by atoms with van der Waals surface area (Å²) < 4.78 is 29.9. The van der Waals surface area contributed by atoms with Crippen LogP contribution >= 0.6 is 15.9 Å². The summed E-state index contributed by atoms with van der Waals surface area (Å²) in [5.41, 5.74) is 1.17. The van der Waals surface area contributed by atoms with Gasteiger partial charge in [-0.05, 0) is 45.8 Å². The maximum atomic E-state index is 13.7. The summed E-state index contributed by atoms with van der Waals surface area (Å²) in [6.45, 7) is 0.0684. The SMILES string of the molecule is COC(=O)/C=C/c1cc(Br)c(OCc2ccccc2F)c(OC)c1. The van der Waals surface area contributed by atoms with Crippen molar-refractivity contribution in [3.05, 3.63) is 63.9 Å². The molecule has 6 heteroatoms. The van der Waals surface area contributed by atoms with Crippen molar-refractivity contribution in [1.29, 1.82) is 0 Å². The fraction of sp³-hybridized carbons (Fsp3) is 0.167. The van der Waals surface area contributed by atoms with E-state index in [0.29, 0.717) is 21.5 Å². The molecule has 0 aromatic heterocycles. The Kier molecular flexibility index (Phi) is 6.37. The summed E-state index contributed by atoms with van der Waals surface area (Å²) in [5, 5.41) is 0. The molecule has 0 unspecified atom stereocenters. The molecule has 0 aliphatic heterocycles. The van der Waals surface area contributed by atoms with Gasteiger partial charge in [-0.15, -0.1) is 0 Å². The number of halogens is 2. The van der Waals surface area contributed by atoms with E-state index in [4.69, 9.17) is 9.47 Å². The topological polar surface area (TPSA) is 44.8 Å². The third-order valence-electron chi connectivity index (χ3n) is 3.19. The van der Waals surface area contributed by atoms with Crippen molar-refractivity contribution in [2.45, 2.75) is 6.61 Å². The van der Waals surface area contributed by atoms with Crippen LogP contribution in [-0.4, -0.2) is 20.2 Å². The Balaban J connectivity index is 2.22. The van der Waals surface area contributed by atoms with Gasteiger partial charge in [0, 0.05) is 11.6 Å². The molecule has 24 heavy (non-hydrogen) atoms. The number of methoxy groups -OCH3 is 2. The van der Waals surface area contributed by atoms with Crippen LogP contribution in [0.1, 0.15) is 11.1 Å². The predicted octanol–water partition coefficient (Wildman–Crippen LogP) is 4.36. The zero-order valence-corrected chi connectivity index (χ0v) is 14.8. The average Bonchev–Trinajstić information content (AvgIpc) is 2.59. The normalized spacial score (nSPS) is 10.7. The summed E-state index contributed by atoms with van der Waals surface area (Å²) in [4.78, 5) is 11.2. The number of esters is 1. The van der Waals surface area contributed by atoms with Gasteiger partial charge < -0.3 is 14.2 Å². The molecule has 0 amide bonds. The summed E-state index contributed by atoms with van der Waals surface area (Å²) in [6.07, 6.45) is 2.90. The number of rotatable bonds is 6. The first kappa shape index (κ1) is 18.0. The van der Waals surface area contributed by atoms with Crippen LogP contribution in [0.4, 0.5) is 4.39 Å². The molecule has 0 N–H and O–H groups in total. The van der Waals surface area contributed by atoms with Gasteiger partial charge in [0.15, 0.2) is 11.5 Å². The van der Waals surface area contributed by atoms with Gasteiger partial charge in [-0.1, -0.05) is 18.2 Å². The molecule has 0 aliphatic rings. The maximum Gasteiger partial charge on any atom is 0.330 e. The van der Waals surface area contributed by atoms with Crippen LogP contribution in [0.3, 0.4) is 0 Å². The molecule has 126 valence electrons. The molecule has 0 aliphatic carbocycles. The molecule has 4 nitrogen and oxygen atoms in total. The molecule has 2 aromatic rings. The number of carbonyl (C=O) groups excluding carboxylic acids is 1. The van der Waals surface area contributed by atoms with Gasteiger partial charge in [-0.2, -0.15) is 0 Å². The van der Waals surface area contributed by atoms with Gasteiger partial charge in [0.25, 0.3) is 0 Å². The van der Waals surface area contributed by atoms with Crippen LogP contribution in [0, 0.1) is 5.82 Å². The summed E-state index contributed by atoms with van der Waals surface area (Å²) >= 11 is 3.41. The Morgan fingerprint density at radius 1 is 1.25 bits per heavy atom. The molecule has 0 radical (unpaired) electrons. The van der Waals surface area contributed by atoms with Crippen LogP contribution in [0.2, 0.25) is 0 Å². The smallest absolute Gasteiger partial charge is 0.330 e. The molecule has 0 saturated heterocycles. The van der Waals surface area contributed by atoms with E-state index in [2.05, 4.69) is 20.7 Å². The van der Waals surface area contributed by atoms with Gasteiger partial charge in [0.1, 0.15) is 12.4 Å². The molecule has 0 bridgehead atoms. The maximum absolute atomic E-state index is 13.7. The zero-order chi connectivity index (χ0) is 17.5. The number of hydrogen-bond acceptors (Lipinski definition) is 4. The second-order valence-corrected chi connectivity index (χ2v) is 5.63. The van der Waals surface area contributed by atoms with Crippen molar-refractivity contribution in [3.8, 4) is 11.5 Å². The van der Waals surface area contributed by atoms with E-state index in [0.717, 1.165) is 5.56 Å². The van der Waals surface area contributed by atoms with Crippen LogP contribution in [0.15, 0.2) is 46.9 Å². The highest BCUT2D eigenvalue weighted by molar-refractivity contribution is 9.10. The predicted molar refractivity (Wildman–Crippen MR) is 92.5 cm³/mol. The molecule has 0 heterocycles. The average molecular weight is 395 g/mol. The van der Waals surface area contributed by atoms with E-state index < -0.39 is 5.97 Å². The fourth-order valence-corrected chi connectivity index (χ4v) is 2.55. The van der Waals surface area contributed by atoms with Crippen molar-refractivity contribution in [1.82, 2.24) is 0 Å². The minimum Gasteiger partial charge on any atom is -0.493 e. The van der Waals surface area contributed by atoms with E-state index in [1.165, 1.54) is 26.4 Å². The zero-order valence-electron chi connectivity index (χ0n) is 13.2. The minimum atomic E-state index is -0.454. The van der Waals surface area contributed by atoms with Gasteiger partial charge in [0.2, 0.25) is 0 Å². The first-order chi connectivity index (χ1) is 11.5. The second kappa shape index (κ2) is 8.49. The Morgan fingerprint density at radius 3 is 2.67 bits per heavy atom. The highest BCUT2D eigenvalue weighted by Gasteiger charge is 2.12. The highest BCUT2D eigenvalue weighted by Crippen LogP contribution is 2.37. The molecule has 2 aromatic carbocycles. The largest absolute Gasteiger partial charge is 0.493 e.